The molecule has 1 heterocycles. The van der Waals surface area contributed by atoms with E-state index in [0.29, 0.717) is 24.4 Å². The van der Waals surface area contributed by atoms with Crippen molar-refractivity contribution in [3.8, 4) is 0 Å². The van der Waals surface area contributed by atoms with E-state index in [1.807, 2.05) is 0 Å². The van der Waals surface area contributed by atoms with Gasteiger partial charge in [-0.05, 0) is 0 Å². The molecule has 3 aromatic carbocycles. The number of rotatable bonds is 10. The molecule has 2 atom stereocenters. The molecule has 42 heavy (non-hydrogen) atoms. The van der Waals surface area contributed by atoms with Crippen LogP contribution in [0.25, 0.3) is 0 Å². The van der Waals surface area contributed by atoms with Crippen molar-refractivity contribution in [2.75, 3.05) is 6.61 Å². The molecule has 3 nitrogen and oxygen atoms in total. The monoisotopic (exact) mass is 649 g/mol. The summed E-state index contributed by atoms with van der Waals surface area (Å²) in [5.74, 6) is 2.19. The van der Waals surface area contributed by atoms with Gasteiger partial charge in [0.1, 0.15) is 0 Å². The molecule has 0 amide bonds. The van der Waals surface area contributed by atoms with E-state index >= 15 is 0 Å². The Kier molecular flexibility index (Phi) is 10.3. The molecule has 4 rings (SSSR count). The fraction of sp³-hybridized carbons (Fsp3) is 0.486. The Bertz CT molecular complexity index is 1360. The van der Waals surface area contributed by atoms with Gasteiger partial charge in [-0.3, -0.25) is 0 Å². The normalized spacial score (nSPS) is 17.7. The SMILES string of the molecule is CC(C)c1cc(C(C)C)c([Se]c2ccccc2C2=N[C@@H](CO[Si](C)(C)C(C)(C)C)[C@H](c3ccccc3)O2)c(C(C)C)c1. The van der Waals surface area contributed by atoms with Crippen molar-refractivity contribution in [1.82, 2.24) is 0 Å². The number of benzene rings is 3. The fourth-order valence-electron chi connectivity index (χ4n) is 5.00. The Hall–Kier alpha value is -2.17. The van der Waals surface area contributed by atoms with E-state index in [2.05, 4.69) is 142 Å². The van der Waals surface area contributed by atoms with Gasteiger partial charge >= 0.3 is 264 Å². The molecule has 0 aromatic heterocycles. The molecular formula is C37H51NO2SeSi. The summed E-state index contributed by atoms with van der Waals surface area (Å²) < 4.78 is 16.3. The van der Waals surface area contributed by atoms with Gasteiger partial charge in [-0.15, -0.1) is 0 Å². The van der Waals surface area contributed by atoms with Crippen LogP contribution in [0.15, 0.2) is 71.7 Å². The van der Waals surface area contributed by atoms with Crippen LogP contribution < -0.4 is 8.92 Å². The molecule has 0 fully saturated rings. The van der Waals surface area contributed by atoms with Gasteiger partial charge in [-0.1, -0.05) is 0 Å². The summed E-state index contributed by atoms with van der Waals surface area (Å²) in [4.78, 5) is 5.26. The Labute approximate surface area is 262 Å². The van der Waals surface area contributed by atoms with Gasteiger partial charge in [-0.25, -0.2) is 0 Å². The van der Waals surface area contributed by atoms with Gasteiger partial charge in [0.05, 0.1) is 0 Å². The average molecular weight is 649 g/mol. The molecular weight excluding hydrogens is 597 g/mol. The van der Waals surface area contributed by atoms with Crippen molar-refractivity contribution in [3.05, 3.63) is 94.5 Å². The van der Waals surface area contributed by atoms with E-state index in [1.54, 1.807) is 0 Å². The predicted octanol–water partition coefficient (Wildman–Crippen LogP) is 8.62. The summed E-state index contributed by atoms with van der Waals surface area (Å²) in [5.41, 5.74) is 6.67. The molecule has 1 aliphatic heterocycles. The average Bonchev–Trinajstić information content (AvgIpc) is 3.36. The maximum atomic E-state index is 6.78. The Morgan fingerprint density at radius 2 is 1.40 bits per heavy atom. The molecule has 1 aliphatic rings. The number of aliphatic imine (C=N–C) groups is 1. The molecule has 0 spiro atoms. The first kappa shape index (κ1) is 32.7. The molecule has 0 saturated heterocycles. The standard InChI is InChI=1S/C37H51NO2SeSi/c1-24(2)28-21-30(25(3)4)35(31(22-28)26(5)6)41-33-20-16-15-19-29(33)36-38-32(23-39-42(10,11)37(7,8)9)34(40-36)27-17-13-12-14-18-27/h12-22,24-26,32,34H,23H2,1-11H3/t32-,34-/m0/s1. The third kappa shape index (κ3) is 7.30. The van der Waals surface area contributed by atoms with Crippen LogP contribution >= 0.6 is 0 Å². The summed E-state index contributed by atoms with van der Waals surface area (Å²) in [7, 11) is -1.94. The molecule has 0 N–H and O–H groups in total. The topological polar surface area (TPSA) is 30.8 Å². The number of hydrogen-bond donors (Lipinski definition) is 0. The molecule has 3 aromatic rings. The third-order valence-electron chi connectivity index (χ3n) is 8.83. The molecule has 0 unspecified atom stereocenters. The minimum absolute atomic E-state index is 0.0835. The Morgan fingerprint density at radius 1 is 0.833 bits per heavy atom. The second-order valence-electron chi connectivity index (χ2n) is 14.1. The zero-order valence-corrected chi connectivity index (χ0v) is 30.3. The Morgan fingerprint density at radius 3 is 1.95 bits per heavy atom. The summed E-state index contributed by atoms with van der Waals surface area (Å²) in [6.45, 7) is 26.0. The second kappa shape index (κ2) is 13.2. The number of ether oxygens (including phenoxy) is 1. The van der Waals surface area contributed by atoms with Crippen LogP contribution in [0.5, 0.6) is 0 Å². The van der Waals surface area contributed by atoms with Crippen LogP contribution in [-0.2, 0) is 9.16 Å². The van der Waals surface area contributed by atoms with Crippen LogP contribution in [0.3, 0.4) is 0 Å². The van der Waals surface area contributed by atoms with E-state index in [0.717, 1.165) is 17.0 Å². The van der Waals surface area contributed by atoms with Crippen LogP contribution in [0.4, 0.5) is 0 Å². The second-order valence-corrected chi connectivity index (χ2v) is 21.1. The van der Waals surface area contributed by atoms with E-state index in [9.17, 15) is 0 Å². The molecule has 0 radical (unpaired) electrons. The van der Waals surface area contributed by atoms with Crippen molar-refractivity contribution >= 4 is 38.1 Å². The van der Waals surface area contributed by atoms with Gasteiger partial charge in [-0.2, -0.15) is 0 Å². The summed E-state index contributed by atoms with van der Waals surface area (Å²) in [6.07, 6.45) is -0.158. The van der Waals surface area contributed by atoms with Gasteiger partial charge in [0.25, 0.3) is 0 Å². The van der Waals surface area contributed by atoms with E-state index in [-0.39, 0.29) is 32.1 Å². The minimum atomic E-state index is -1.94. The van der Waals surface area contributed by atoms with Crippen molar-refractivity contribution in [1.29, 1.82) is 0 Å². The first-order chi connectivity index (χ1) is 19.7. The van der Waals surface area contributed by atoms with E-state index in [1.165, 1.54) is 25.6 Å². The number of hydrogen-bond acceptors (Lipinski definition) is 3. The summed E-state index contributed by atoms with van der Waals surface area (Å²) in [5, 5.41) is 0.143. The van der Waals surface area contributed by atoms with Crippen molar-refractivity contribution in [2.45, 2.75) is 110 Å². The third-order valence-corrected chi connectivity index (χ3v) is 16.0. The van der Waals surface area contributed by atoms with Crippen LogP contribution in [0.2, 0.25) is 18.1 Å². The van der Waals surface area contributed by atoms with Gasteiger partial charge < -0.3 is 0 Å². The number of nitrogens with zero attached hydrogens (tertiary/aromatic N) is 1. The Balaban J connectivity index is 1.74. The zero-order chi connectivity index (χ0) is 30.8. The van der Waals surface area contributed by atoms with E-state index in [4.69, 9.17) is 14.2 Å². The van der Waals surface area contributed by atoms with Gasteiger partial charge in [0.15, 0.2) is 0 Å². The van der Waals surface area contributed by atoms with Gasteiger partial charge in [0, 0.05) is 0 Å². The molecule has 0 aliphatic carbocycles. The molecule has 0 saturated carbocycles. The van der Waals surface area contributed by atoms with E-state index < -0.39 is 8.32 Å². The van der Waals surface area contributed by atoms with Crippen LogP contribution in [0.1, 0.15) is 114 Å². The molecule has 226 valence electrons. The maximum absolute atomic E-state index is 6.78. The first-order valence-corrected chi connectivity index (χ1v) is 20.2. The van der Waals surface area contributed by atoms with Gasteiger partial charge in [0.2, 0.25) is 0 Å². The fourth-order valence-corrected chi connectivity index (χ4v) is 9.07. The van der Waals surface area contributed by atoms with Crippen molar-refractivity contribution in [2.24, 2.45) is 4.99 Å². The van der Waals surface area contributed by atoms with Crippen LogP contribution in [-0.4, -0.2) is 41.8 Å². The summed E-state index contributed by atoms with van der Waals surface area (Å²) >= 11 is 0.106. The molecule has 0 bridgehead atoms. The summed E-state index contributed by atoms with van der Waals surface area (Å²) in [6, 6.07) is 24.1. The van der Waals surface area contributed by atoms with Crippen molar-refractivity contribution in [3.63, 3.8) is 0 Å². The first-order valence-electron chi connectivity index (χ1n) is 15.6. The van der Waals surface area contributed by atoms with Crippen molar-refractivity contribution < 1.29 is 9.16 Å². The zero-order valence-electron chi connectivity index (χ0n) is 27.6. The van der Waals surface area contributed by atoms with Crippen LogP contribution in [0, 0.1) is 0 Å². The molecule has 5 heteroatoms. The quantitative estimate of drug-likeness (QED) is 0.206. The predicted molar refractivity (Wildman–Crippen MR) is 184 cm³/mol.